The van der Waals surface area contributed by atoms with E-state index in [2.05, 4.69) is 47.7 Å². The van der Waals surface area contributed by atoms with Gasteiger partial charge < -0.3 is 19.4 Å². The second-order valence-electron chi connectivity index (χ2n) is 9.02. The average molecular weight is 527 g/mol. The third-order valence-electron chi connectivity index (χ3n) is 6.66. The third kappa shape index (κ3) is 4.28. The fraction of sp³-hybridized carbons (Fsp3) is 0.207. The maximum absolute atomic E-state index is 13.2. The lowest BCUT2D eigenvalue weighted by Gasteiger charge is -2.14. The summed E-state index contributed by atoms with van der Waals surface area (Å²) in [6, 6.07) is 19.7. The average Bonchev–Trinajstić information content (AvgIpc) is 3.59. The van der Waals surface area contributed by atoms with Gasteiger partial charge in [0.15, 0.2) is 16.7 Å². The highest BCUT2D eigenvalue weighted by Crippen LogP contribution is 2.36. The van der Waals surface area contributed by atoms with Crippen molar-refractivity contribution in [2.75, 3.05) is 18.7 Å². The van der Waals surface area contributed by atoms with Crippen LogP contribution in [0.15, 0.2) is 78.3 Å². The van der Waals surface area contributed by atoms with Crippen molar-refractivity contribution in [2.45, 2.75) is 25.1 Å². The Kier molecular flexibility index (Phi) is 6.29. The Hall–Kier alpha value is -4.24. The monoisotopic (exact) mass is 526 g/mol. The number of nitrogens with zero attached hydrogens (tertiary/aromatic N) is 3. The Bertz CT molecular complexity index is 1630. The van der Waals surface area contributed by atoms with Gasteiger partial charge in [0.1, 0.15) is 5.25 Å². The van der Waals surface area contributed by atoms with Crippen LogP contribution in [0, 0.1) is 0 Å². The molecule has 38 heavy (non-hydrogen) atoms. The molecule has 1 atom stereocenters. The van der Waals surface area contributed by atoms with Gasteiger partial charge in [0, 0.05) is 47.6 Å². The smallest absolute Gasteiger partial charge is 0.242 e. The van der Waals surface area contributed by atoms with Gasteiger partial charge in [0.05, 0.1) is 11.2 Å². The van der Waals surface area contributed by atoms with E-state index in [0.717, 1.165) is 17.7 Å². The number of ether oxygens (including phenoxy) is 2. The summed E-state index contributed by atoms with van der Waals surface area (Å²) in [5.74, 6) is 0.810. The van der Waals surface area contributed by atoms with Crippen molar-refractivity contribution in [3.05, 3.63) is 73.3 Å². The summed E-state index contributed by atoms with van der Waals surface area (Å²) < 4.78 is 13.0. The van der Waals surface area contributed by atoms with E-state index in [0.29, 0.717) is 28.9 Å². The van der Waals surface area contributed by atoms with E-state index in [4.69, 9.17) is 14.5 Å². The van der Waals surface area contributed by atoms with Crippen LogP contribution in [0.25, 0.3) is 21.8 Å². The van der Waals surface area contributed by atoms with Crippen LogP contribution in [0.5, 0.6) is 11.5 Å². The SMILES string of the molecule is C=CCN1C(=O)[C@@H](CC(=O)Nc2ccc3c(c2)OCO3)SC1=Nc1ccc2c3ccccc3n(CC)c2c1. The topological polar surface area (TPSA) is 85.2 Å². The van der Waals surface area contributed by atoms with Gasteiger partial charge in [-0.2, -0.15) is 0 Å². The number of amidine groups is 1. The van der Waals surface area contributed by atoms with Gasteiger partial charge in [0.2, 0.25) is 18.6 Å². The van der Waals surface area contributed by atoms with E-state index in [-0.39, 0.29) is 25.0 Å². The lowest BCUT2D eigenvalue weighted by Crippen LogP contribution is -2.33. The van der Waals surface area contributed by atoms with Gasteiger partial charge in [0.25, 0.3) is 0 Å². The molecule has 2 amide bonds. The first-order valence-corrected chi connectivity index (χ1v) is 13.3. The van der Waals surface area contributed by atoms with Gasteiger partial charge in [-0.1, -0.05) is 42.1 Å². The third-order valence-corrected chi connectivity index (χ3v) is 7.83. The van der Waals surface area contributed by atoms with Crippen molar-refractivity contribution < 1.29 is 19.1 Å². The molecular formula is C29H26N4O4S. The van der Waals surface area contributed by atoms with Gasteiger partial charge in [-0.3, -0.25) is 14.5 Å². The maximum atomic E-state index is 13.2. The normalized spacial score (nSPS) is 17.6. The summed E-state index contributed by atoms with van der Waals surface area (Å²) in [6.07, 6.45) is 1.69. The molecule has 4 aromatic rings. The minimum Gasteiger partial charge on any atom is -0.454 e. The maximum Gasteiger partial charge on any atom is 0.242 e. The highest BCUT2D eigenvalue weighted by atomic mass is 32.2. The summed E-state index contributed by atoms with van der Waals surface area (Å²) in [7, 11) is 0. The van der Waals surface area contributed by atoms with Crippen LogP contribution >= 0.6 is 11.8 Å². The van der Waals surface area contributed by atoms with Crippen LogP contribution in [0.3, 0.4) is 0 Å². The van der Waals surface area contributed by atoms with E-state index >= 15 is 0 Å². The summed E-state index contributed by atoms with van der Waals surface area (Å²) in [5.41, 5.74) is 3.62. The Balaban J connectivity index is 1.24. The first kappa shape index (κ1) is 24.1. The highest BCUT2D eigenvalue weighted by Gasteiger charge is 2.38. The number of aliphatic imine (C=N–C) groups is 1. The zero-order valence-corrected chi connectivity index (χ0v) is 21.7. The number of benzene rings is 3. The molecule has 1 N–H and O–H groups in total. The van der Waals surface area contributed by atoms with Crippen LogP contribution in [-0.2, 0) is 16.1 Å². The Labute approximate surface area is 223 Å². The molecule has 2 aliphatic heterocycles. The molecule has 0 radical (unpaired) electrons. The molecule has 3 heterocycles. The first-order chi connectivity index (χ1) is 18.6. The van der Waals surface area contributed by atoms with E-state index in [9.17, 15) is 9.59 Å². The molecule has 1 saturated heterocycles. The number of aryl methyl sites for hydroxylation is 1. The fourth-order valence-corrected chi connectivity index (χ4v) is 6.10. The summed E-state index contributed by atoms with van der Waals surface area (Å²) in [6.45, 7) is 7.24. The fourth-order valence-electron chi connectivity index (χ4n) is 4.94. The predicted octanol–water partition coefficient (Wildman–Crippen LogP) is 5.69. The number of anilines is 1. The molecule has 9 heteroatoms. The molecule has 192 valence electrons. The van der Waals surface area contributed by atoms with Crippen LogP contribution in [0.4, 0.5) is 11.4 Å². The summed E-state index contributed by atoms with van der Waals surface area (Å²) in [4.78, 5) is 32.5. The van der Waals surface area contributed by atoms with Crippen LogP contribution in [0.2, 0.25) is 0 Å². The largest absolute Gasteiger partial charge is 0.454 e. The van der Waals surface area contributed by atoms with Gasteiger partial charge in [-0.05, 0) is 37.3 Å². The number of carbonyl (C=O) groups is 2. The Morgan fingerprint density at radius 3 is 2.76 bits per heavy atom. The van der Waals surface area contributed by atoms with E-state index in [1.165, 1.54) is 28.1 Å². The quantitative estimate of drug-likeness (QED) is 0.313. The van der Waals surface area contributed by atoms with Crippen molar-refractivity contribution in [1.82, 2.24) is 9.47 Å². The number of rotatable bonds is 7. The predicted molar refractivity (Wildman–Crippen MR) is 151 cm³/mol. The highest BCUT2D eigenvalue weighted by molar-refractivity contribution is 8.15. The van der Waals surface area contributed by atoms with E-state index in [1.807, 2.05) is 18.2 Å². The van der Waals surface area contributed by atoms with E-state index in [1.54, 1.807) is 29.2 Å². The molecule has 1 aromatic heterocycles. The Morgan fingerprint density at radius 1 is 1.11 bits per heavy atom. The van der Waals surface area contributed by atoms with Crippen LogP contribution < -0.4 is 14.8 Å². The number of nitrogens with one attached hydrogen (secondary N) is 1. The molecule has 0 unspecified atom stereocenters. The van der Waals surface area contributed by atoms with Crippen molar-refractivity contribution in [3.63, 3.8) is 0 Å². The number of carbonyl (C=O) groups excluding carboxylic acids is 2. The lowest BCUT2D eigenvalue weighted by atomic mass is 10.1. The van der Waals surface area contributed by atoms with E-state index < -0.39 is 5.25 Å². The van der Waals surface area contributed by atoms with Crippen molar-refractivity contribution >= 4 is 61.9 Å². The second kappa shape index (κ2) is 9.90. The molecule has 3 aromatic carbocycles. The molecule has 0 saturated carbocycles. The molecule has 2 aliphatic rings. The molecule has 1 fully saturated rings. The van der Waals surface area contributed by atoms with Crippen molar-refractivity contribution in [1.29, 1.82) is 0 Å². The van der Waals surface area contributed by atoms with Crippen LogP contribution in [-0.4, -0.2) is 45.0 Å². The van der Waals surface area contributed by atoms with Crippen molar-refractivity contribution in [2.24, 2.45) is 4.99 Å². The van der Waals surface area contributed by atoms with Crippen molar-refractivity contribution in [3.8, 4) is 11.5 Å². The number of amides is 2. The number of hydrogen-bond donors (Lipinski definition) is 1. The van der Waals surface area contributed by atoms with Gasteiger partial charge >= 0.3 is 0 Å². The summed E-state index contributed by atoms with van der Waals surface area (Å²) >= 11 is 1.31. The van der Waals surface area contributed by atoms with Crippen LogP contribution in [0.1, 0.15) is 13.3 Å². The molecule has 8 nitrogen and oxygen atoms in total. The molecular weight excluding hydrogens is 500 g/mol. The number of para-hydroxylation sites is 1. The molecule has 0 bridgehead atoms. The Morgan fingerprint density at radius 2 is 1.92 bits per heavy atom. The standard InChI is InChI=1S/C29H26N4O4S/c1-3-13-33-28(35)26(16-27(34)30-19-10-12-24-25(15-19)37-17-36-24)38-29(33)31-18-9-11-21-20-7-5-6-8-22(20)32(4-2)23(21)14-18/h3,5-12,14-15,26H,1,4,13,16-17H2,2H3,(H,30,34)/t26-/m1/s1. The number of thioether (sulfide) groups is 1. The molecule has 0 aliphatic carbocycles. The van der Waals surface area contributed by atoms with Gasteiger partial charge in [-0.25, -0.2) is 4.99 Å². The lowest BCUT2D eigenvalue weighted by molar-refractivity contribution is -0.127. The number of fused-ring (bicyclic) bond motifs is 4. The minimum atomic E-state index is -0.575. The zero-order chi connectivity index (χ0) is 26.2. The first-order valence-electron chi connectivity index (χ1n) is 12.4. The minimum absolute atomic E-state index is 0.0215. The molecule has 6 rings (SSSR count). The number of aromatic nitrogens is 1. The second-order valence-corrected chi connectivity index (χ2v) is 10.2. The molecule has 0 spiro atoms. The summed E-state index contributed by atoms with van der Waals surface area (Å²) in [5, 5.41) is 5.22. The zero-order valence-electron chi connectivity index (χ0n) is 20.8. The van der Waals surface area contributed by atoms with Gasteiger partial charge in [-0.15, -0.1) is 6.58 Å². The number of hydrogen-bond acceptors (Lipinski definition) is 6.